The first kappa shape index (κ1) is 21.2. The van der Waals surface area contributed by atoms with Crippen molar-refractivity contribution >= 4 is 17.8 Å². The Hall–Kier alpha value is -2.11. The Morgan fingerprint density at radius 2 is 1.78 bits per heavy atom. The second kappa shape index (κ2) is 9.72. The van der Waals surface area contributed by atoms with Gasteiger partial charge in [-0.1, -0.05) is 43.5 Å². The highest BCUT2D eigenvalue weighted by Gasteiger charge is 2.32. The molecule has 0 bridgehead atoms. The van der Waals surface area contributed by atoms with Gasteiger partial charge in [-0.2, -0.15) is 13.2 Å². The molecular formula is C21H25F3O3. The standard InChI is InChI=1S/C21H25F3O3/c22-21(23,24)17-12-8-15(9-13-17)7-10-16-11-14-19(25)18(16)5-3-1-2-4-6-20(26)27/h7-10,12-13,16,18H,1-6,11,14H2,(H,26,27)/t16-,18+/m0/s1. The Kier molecular flexibility index (Phi) is 7.63. The summed E-state index contributed by atoms with van der Waals surface area (Å²) in [6, 6.07) is 5.00. The number of carboxylic acid groups (broad SMARTS) is 1. The minimum Gasteiger partial charge on any atom is -0.481 e. The summed E-state index contributed by atoms with van der Waals surface area (Å²) in [6.45, 7) is 0. The van der Waals surface area contributed by atoms with Crippen LogP contribution in [0.4, 0.5) is 13.2 Å². The lowest BCUT2D eigenvalue weighted by molar-refractivity contribution is -0.138. The maximum Gasteiger partial charge on any atom is 0.416 e. The molecule has 27 heavy (non-hydrogen) atoms. The predicted molar refractivity (Wildman–Crippen MR) is 97.0 cm³/mol. The van der Waals surface area contributed by atoms with E-state index in [0.29, 0.717) is 18.4 Å². The summed E-state index contributed by atoms with van der Waals surface area (Å²) < 4.78 is 37.8. The van der Waals surface area contributed by atoms with Crippen LogP contribution in [0.1, 0.15) is 62.5 Å². The van der Waals surface area contributed by atoms with Crippen LogP contribution in [0.25, 0.3) is 6.08 Å². The molecule has 0 amide bonds. The van der Waals surface area contributed by atoms with Crippen molar-refractivity contribution in [3.8, 4) is 0 Å². The topological polar surface area (TPSA) is 54.4 Å². The summed E-state index contributed by atoms with van der Waals surface area (Å²) in [6.07, 6.45) is 5.00. The van der Waals surface area contributed by atoms with Crippen molar-refractivity contribution in [2.75, 3.05) is 0 Å². The van der Waals surface area contributed by atoms with Crippen molar-refractivity contribution in [1.82, 2.24) is 0 Å². The number of aliphatic carboxylic acids is 1. The van der Waals surface area contributed by atoms with Gasteiger partial charge in [0.1, 0.15) is 5.78 Å². The Morgan fingerprint density at radius 3 is 2.41 bits per heavy atom. The summed E-state index contributed by atoms with van der Waals surface area (Å²) in [5.74, 6) is -0.439. The molecule has 0 radical (unpaired) electrons. The zero-order valence-corrected chi connectivity index (χ0v) is 15.2. The SMILES string of the molecule is O=C(O)CCCCCC[C@H]1C(=O)CC[C@@H]1C=Cc1ccc(C(F)(F)F)cc1. The van der Waals surface area contributed by atoms with Gasteiger partial charge in [-0.3, -0.25) is 9.59 Å². The molecule has 1 saturated carbocycles. The number of benzene rings is 1. The fraction of sp³-hybridized carbons (Fsp3) is 0.524. The quantitative estimate of drug-likeness (QED) is 0.554. The van der Waals surface area contributed by atoms with E-state index < -0.39 is 17.7 Å². The van der Waals surface area contributed by atoms with E-state index in [9.17, 15) is 22.8 Å². The van der Waals surface area contributed by atoms with Crippen molar-refractivity contribution in [2.45, 2.75) is 57.5 Å². The van der Waals surface area contributed by atoms with Crippen LogP contribution in [0.15, 0.2) is 30.3 Å². The van der Waals surface area contributed by atoms with Gasteiger partial charge in [0.15, 0.2) is 0 Å². The van der Waals surface area contributed by atoms with Crippen molar-refractivity contribution in [3.63, 3.8) is 0 Å². The first-order chi connectivity index (χ1) is 12.8. The molecule has 1 aliphatic rings. The number of halogens is 3. The number of Topliss-reactive ketones (excluding diaryl/α,β-unsaturated/α-hetero) is 1. The average molecular weight is 382 g/mol. The molecule has 148 valence electrons. The van der Waals surface area contributed by atoms with Crippen LogP contribution in [0.5, 0.6) is 0 Å². The summed E-state index contributed by atoms with van der Waals surface area (Å²) in [4.78, 5) is 22.6. The molecule has 1 fully saturated rings. The van der Waals surface area contributed by atoms with E-state index in [2.05, 4.69) is 0 Å². The number of alkyl halides is 3. The summed E-state index contributed by atoms with van der Waals surface area (Å²) >= 11 is 0. The van der Waals surface area contributed by atoms with Crippen LogP contribution in [0.2, 0.25) is 0 Å². The fourth-order valence-corrected chi connectivity index (χ4v) is 3.55. The lowest BCUT2D eigenvalue weighted by atomic mass is 9.89. The molecule has 0 saturated heterocycles. The minimum absolute atomic E-state index is 0.0322. The monoisotopic (exact) mass is 382 g/mol. The lowest BCUT2D eigenvalue weighted by Crippen LogP contribution is -2.13. The average Bonchev–Trinajstić information content (AvgIpc) is 2.95. The minimum atomic E-state index is -4.34. The van der Waals surface area contributed by atoms with E-state index in [1.165, 1.54) is 12.1 Å². The van der Waals surface area contributed by atoms with E-state index in [4.69, 9.17) is 5.11 Å². The highest BCUT2D eigenvalue weighted by Crippen LogP contribution is 2.34. The first-order valence-electron chi connectivity index (χ1n) is 9.37. The van der Waals surface area contributed by atoms with Gasteiger partial charge < -0.3 is 5.11 Å². The summed E-state index contributed by atoms with van der Waals surface area (Å²) in [5, 5.41) is 8.61. The van der Waals surface area contributed by atoms with Gasteiger partial charge in [-0.25, -0.2) is 0 Å². The molecule has 0 aliphatic heterocycles. The van der Waals surface area contributed by atoms with Gasteiger partial charge in [0.25, 0.3) is 0 Å². The van der Waals surface area contributed by atoms with Gasteiger partial charge >= 0.3 is 12.1 Å². The van der Waals surface area contributed by atoms with Gasteiger partial charge in [-0.15, -0.1) is 0 Å². The number of hydrogen-bond acceptors (Lipinski definition) is 2. The number of allylic oxidation sites excluding steroid dienone is 1. The Bertz CT molecular complexity index is 662. The molecule has 6 heteroatoms. The van der Waals surface area contributed by atoms with E-state index in [-0.39, 0.29) is 24.0 Å². The van der Waals surface area contributed by atoms with E-state index in [1.54, 1.807) is 6.08 Å². The lowest BCUT2D eigenvalue weighted by Gasteiger charge is -2.15. The van der Waals surface area contributed by atoms with Crippen LogP contribution in [-0.4, -0.2) is 16.9 Å². The second-order valence-corrected chi connectivity index (χ2v) is 7.10. The highest BCUT2D eigenvalue weighted by molar-refractivity contribution is 5.84. The molecule has 1 aliphatic carbocycles. The van der Waals surface area contributed by atoms with Crippen LogP contribution in [0, 0.1) is 11.8 Å². The zero-order valence-electron chi connectivity index (χ0n) is 15.2. The van der Waals surface area contributed by atoms with E-state index in [0.717, 1.165) is 44.2 Å². The van der Waals surface area contributed by atoms with Crippen LogP contribution in [0.3, 0.4) is 0 Å². The van der Waals surface area contributed by atoms with Gasteiger partial charge in [0.2, 0.25) is 0 Å². The zero-order chi connectivity index (χ0) is 19.9. The first-order valence-corrected chi connectivity index (χ1v) is 9.37. The maximum absolute atomic E-state index is 12.6. The normalized spacial score (nSPS) is 20.5. The highest BCUT2D eigenvalue weighted by atomic mass is 19.4. The number of carbonyl (C=O) groups excluding carboxylic acids is 1. The summed E-state index contributed by atoms with van der Waals surface area (Å²) in [7, 11) is 0. The Balaban J connectivity index is 1.84. The van der Waals surface area contributed by atoms with Crippen LogP contribution in [-0.2, 0) is 15.8 Å². The summed E-state index contributed by atoms with van der Waals surface area (Å²) in [5.41, 5.74) is 0.0197. The molecule has 1 aromatic rings. The molecule has 0 spiro atoms. The number of rotatable bonds is 9. The third-order valence-electron chi connectivity index (χ3n) is 5.08. The third-order valence-corrected chi connectivity index (χ3v) is 5.08. The number of hydrogen-bond donors (Lipinski definition) is 1. The number of carbonyl (C=O) groups is 2. The largest absolute Gasteiger partial charge is 0.481 e. The number of carboxylic acids is 1. The molecule has 3 nitrogen and oxygen atoms in total. The second-order valence-electron chi connectivity index (χ2n) is 7.10. The van der Waals surface area contributed by atoms with Gasteiger partial charge in [0.05, 0.1) is 5.56 Å². The maximum atomic E-state index is 12.6. The molecule has 0 unspecified atom stereocenters. The number of unbranched alkanes of at least 4 members (excludes halogenated alkanes) is 3. The van der Waals surface area contributed by atoms with E-state index >= 15 is 0 Å². The van der Waals surface area contributed by atoms with Crippen LogP contribution >= 0.6 is 0 Å². The number of ketones is 1. The molecular weight excluding hydrogens is 357 g/mol. The smallest absolute Gasteiger partial charge is 0.416 e. The van der Waals surface area contributed by atoms with Crippen molar-refractivity contribution in [1.29, 1.82) is 0 Å². The van der Waals surface area contributed by atoms with Crippen molar-refractivity contribution in [2.24, 2.45) is 11.8 Å². The van der Waals surface area contributed by atoms with Gasteiger partial charge in [-0.05, 0) is 42.9 Å². The molecule has 1 aromatic carbocycles. The van der Waals surface area contributed by atoms with Gasteiger partial charge in [0, 0.05) is 18.8 Å². The Morgan fingerprint density at radius 1 is 1.11 bits per heavy atom. The van der Waals surface area contributed by atoms with Crippen molar-refractivity contribution in [3.05, 3.63) is 41.5 Å². The molecule has 2 rings (SSSR count). The molecule has 0 aromatic heterocycles. The fourth-order valence-electron chi connectivity index (χ4n) is 3.55. The third kappa shape index (κ3) is 6.85. The molecule has 2 atom stereocenters. The molecule has 1 N–H and O–H groups in total. The predicted octanol–water partition coefficient (Wildman–Crippen LogP) is 5.74. The Labute approximate surface area is 157 Å². The molecule has 0 heterocycles. The van der Waals surface area contributed by atoms with E-state index in [1.807, 2.05) is 6.08 Å². The van der Waals surface area contributed by atoms with Crippen molar-refractivity contribution < 1.29 is 27.9 Å². The van der Waals surface area contributed by atoms with Crippen LogP contribution < -0.4 is 0 Å².